The minimum Gasteiger partial charge on any atom is -0.479 e. The van der Waals surface area contributed by atoms with Crippen LogP contribution in [0.4, 0.5) is 0 Å². The van der Waals surface area contributed by atoms with Crippen molar-refractivity contribution < 1.29 is 14.6 Å². The standard InChI is InChI=1S/C12H16ClNO3/c1-3-10(12(15)16)17-11-8(7-14-2)5-4-6-9(11)13/h4-6,10,14H,3,7H2,1-2H3,(H,15,16). The Balaban J connectivity index is 2.98. The van der Waals surface area contributed by atoms with Crippen LogP contribution in [0.3, 0.4) is 0 Å². The molecule has 0 fully saturated rings. The zero-order valence-corrected chi connectivity index (χ0v) is 10.6. The van der Waals surface area contributed by atoms with E-state index in [4.69, 9.17) is 21.4 Å². The Morgan fingerprint density at radius 2 is 2.29 bits per heavy atom. The number of carboxylic acid groups (broad SMARTS) is 1. The zero-order valence-electron chi connectivity index (χ0n) is 9.87. The van der Waals surface area contributed by atoms with Crippen LogP contribution in [0.2, 0.25) is 5.02 Å². The Kier molecular flexibility index (Phi) is 5.25. The number of carboxylic acids is 1. The largest absolute Gasteiger partial charge is 0.479 e. The Labute approximate surface area is 106 Å². The molecule has 0 spiro atoms. The molecule has 94 valence electrons. The fourth-order valence-corrected chi connectivity index (χ4v) is 1.70. The monoisotopic (exact) mass is 257 g/mol. The normalized spacial score (nSPS) is 12.2. The lowest BCUT2D eigenvalue weighted by Crippen LogP contribution is -2.26. The van der Waals surface area contributed by atoms with Crippen molar-refractivity contribution in [3.05, 3.63) is 28.8 Å². The molecule has 1 aromatic carbocycles. The molecule has 0 aliphatic carbocycles. The van der Waals surface area contributed by atoms with Gasteiger partial charge in [-0.3, -0.25) is 0 Å². The van der Waals surface area contributed by atoms with Gasteiger partial charge in [-0.1, -0.05) is 30.7 Å². The maximum absolute atomic E-state index is 10.9. The van der Waals surface area contributed by atoms with E-state index in [0.29, 0.717) is 23.7 Å². The average Bonchev–Trinajstić information content (AvgIpc) is 2.28. The molecule has 0 amide bonds. The Morgan fingerprint density at radius 1 is 1.59 bits per heavy atom. The summed E-state index contributed by atoms with van der Waals surface area (Å²) in [5.41, 5.74) is 0.847. The molecule has 0 heterocycles. The van der Waals surface area contributed by atoms with Gasteiger partial charge in [0.05, 0.1) is 5.02 Å². The number of para-hydroxylation sites is 1. The second-order valence-electron chi connectivity index (χ2n) is 3.61. The van der Waals surface area contributed by atoms with E-state index < -0.39 is 12.1 Å². The summed E-state index contributed by atoms with van der Waals surface area (Å²) in [6.45, 7) is 2.33. The number of nitrogens with one attached hydrogen (secondary N) is 1. The van der Waals surface area contributed by atoms with Crippen LogP contribution in [0, 0.1) is 0 Å². The summed E-state index contributed by atoms with van der Waals surface area (Å²) in [6.07, 6.45) is -0.481. The number of benzene rings is 1. The van der Waals surface area contributed by atoms with Gasteiger partial charge in [-0.15, -0.1) is 0 Å². The highest BCUT2D eigenvalue weighted by Gasteiger charge is 2.19. The highest BCUT2D eigenvalue weighted by Crippen LogP contribution is 2.30. The molecular weight excluding hydrogens is 242 g/mol. The summed E-state index contributed by atoms with van der Waals surface area (Å²) >= 11 is 6.03. The van der Waals surface area contributed by atoms with Crippen LogP contribution in [0.15, 0.2) is 18.2 Å². The van der Waals surface area contributed by atoms with E-state index in [1.54, 1.807) is 20.0 Å². The average molecular weight is 258 g/mol. The van der Waals surface area contributed by atoms with Crippen LogP contribution in [0.5, 0.6) is 5.75 Å². The minimum absolute atomic E-state index is 0.388. The quantitative estimate of drug-likeness (QED) is 0.821. The van der Waals surface area contributed by atoms with Gasteiger partial charge in [0.2, 0.25) is 0 Å². The van der Waals surface area contributed by atoms with Crippen LogP contribution < -0.4 is 10.1 Å². The van der Waals surface area contributed by atoms with Crippen LogP contribution >= 0.6 is 11.6 Å². The number of halogens is 1. The SMILES string of the molecule is CCC(Oc1c(Cl)cccc1CNC)C(=O)O. The lowest BCUT2D eigenvalue weighted by atomic mass is 10.2. The molecular formula is C12H16ClNO3. The molecule has 1 atom stereocenters. The van der Waals surface area contributed by atoms with Gasteiger partial charge >= 0.3 is 5.97 Å². The zero-order chi connectivity index (χ0) is 12.8. The Morgan fingerprint density at radius 3 is 2.82 bits per heavy atom. The lowest BCUT2D eigenvalue weighted by molar-refractivity contribution is -0.145. The molecule has 17 heavy (non-hydrogen) atoms. The van der Waals surface area contributed by atoms with Crippen molar-refractivity contribution in [1.82, 2.24) is 5.32 Å². The smallest absolute Gasteiger partial charge is 0.344 e. The molecule has 4 nitrogen and oxygen atoms in total. The maximum atomic E-state index is 10.9. The van der Waals surface area contributed by atoms with Crippen molar-refractivity contribution in [3.63, 3.8) is 0 Å². The summed E-state index contributed by atoms with van der Waals surface area (Å²) in [4.78, 5) is 10.9. The van der Waals surface area contributed by atoms with E-state index in [1.807, 2.05) is 12.1 Å². The molecule has 0 aromatic heterocycles. The summed E-state index contributed by atoms with van der Waals surface area (Å²) in [5.74, 6) is -0.541. The van der Waals surface area contributed by atoms with Crippen molar-refractivity contribution >= 4 is 17.6 Å². The van der Waals surface area contributed by atoms with Gasteiger partial charge in [0, 0.05) is 12.1 Å². The number of aliphatic carboxylic acids is 1. The Hall–Kier alpha value is -1.26. The number of ether oxygens (including phenoxy) is 1. The van der Waals surface area contributed by atoms with Crippen molar-refractivity contribution in [2.75, 3.05) is 7.05 Å². The molecule has 0 aliphatic heterocycles. The maximum Gasteiger partial charge on any atom is 0.344 e. The molecule has 0 radical (unpaired) electrons. The second-order valence-corrected chi connectivity index (χ2v) is 4.02. The predicted octanol–water partition coefficient (Wildman–Crippen LogP) is 2.30. The molecule has 1 unspecified atom stereocenters. The third-order valence-corrected chi connectivity index (χ3v) is 2.62. The van der Waals surface area contributed by atoms with Crippen LogP contribution in [0.1, 0.15) is 18.9 Å². The molecule has 0 aliphatic rings. The third-order valence-electron chi connectivity index (χ3n) is 2.32. The Bertz CT molecular complexity index is 395. The first-order chi connectivity index (χ1) is 8.10. The first kappa shape index (κ1) is 13.8. The fraction of sp³-hybridized carbons (Fsp3) is 0.417. The van der Waals surface area contributed by atoms with Gasteiger partial charge in [0.1, 0.15) is 5.75 Å². The minimum atomic E-state index is -0.983. The van der Waals surface area contributed by atoms with Crippen molar-refractivity contribution in [2.24, 2.45) is 0 Å². The molecule has 2 N–H and O–H groups in total. The second kappa shape index (κ2) is 6.47. The molecule has 0 saturated carbocycles. The highest BCUT2D eigenvalue weighted by atomic mass is 35.5. The molecule has 0 bridgehead atoms. The number of rotatable bonds is 6. The molecule has 5 heteroatoms. The van der Waals surface area contributed by atoms with E-state index in [-0.39, 0.29) is 0 Å². The van der Waals surface area contributed by atoms with Gasteiger partial charge in [-0.25, -0.2) is 4.79 Å². The lowest BCUT2D eigenvalue weighted by Gasteiger charge is -2.17. The third kappa shape index (κ3) is 3.61. The number of carbonyl (C=O) groups is 1. The molecule has 1 rings (SSSR count). The van der Waals surface area contributed by atoms with Gasteiger partial charge in [0.25, 0.3) is 0 Å². The van der Waals surface area contributed by atoms with Crippen molar-refractivity contribution in [3.8, 4) is 5.75 Å². The summed E-state index contributed by atoms with van der Waals surface area (Å²) < 4.78 is 5.47. The summed E-state index contributed by atoms with van der Waals surface area (Å²) in [6, 6.07) is 5.35. The summed E-state index contributed by atoms with van der Waals surface area (Å²) in [7, 11) is 1.80. The van der Waals surface area contributed by atoms with Gasteiger partial charge in [-0.2, -0.15) is 0 Å². The summed E-state index contributed by atoms with van der Waals surface area (Å²) in [5, 5.41) is 12.4. The first-order valence-corrected chi connectivity index (χ1v) is 5.79. The van der Waals surface area contributed by atoms with E-state index in [0.717, 1.165) is 5.56 Å². The van der Waals surface area contributed by atoms with Crippen molar-refractivity contribution in [1.29, 1.82) is 0 Å². The topological polar surface area (TPSA) is 58.6 Å². The number of hydrogen-bond acceptors (Lipinski definition) is 3. The molecule has 1 aromatic rings. The van der Waals surface area contributed by atoms with Crippen molar-refractivity contribution in [2.45, 2.75) is 26.0 Å². The van der Waals surface area contributed by atoms with E-state index in [1.165, 1.54) is 0 Å². The van der Waals surface area contributed by atoms with E-state index in [2.05, 4.69) is 5.32 Å². The van der Waals surface area contributed by atoms with Crippen LogP contribution in [0.25, 0.3) is 0 Å². The van der Waals surface area contributed by atoms with E-state index >= 15 is 0 Å². The fourth-order valence-electron chi connectivity index (χ4n) is 1.47. The van der Waals surface area contributed by atoms with Gasteiger partial charge < -0.3 is 15.2 Å². The van der Waals surface area contributed by atoms with Gasteiger partial charge in [0.15, 0.2) is 6.10 Å². The van der Waals surface area contributed by atoms with E-state index in [9.17, 15) is 4.79 Å². The number of hydrogen-bond donors (Lipinski definition) is 2. The van der Waals surface area contributed by atoms with Crippen LogP contribution in [-0.2, 0) is 11.3 Å². The highest BCUT2D eigenvalue weighted by molar-refractivity contribution is 6.32. The van der Waals surface area contributed by atoms with Crippen LogP contribution in [-0.4, -0.2) is 24.2 Å². The van der Waals surface area contributed by atoms with Gasteiger partial charge in [-0.05, 0) is 19.5 Å². The first-order valence-electron chi connectivity index (χ1n) is 5.41. The molecule has 0 saturated heterocycles. The predicted molar refractivity (Wildman–Crippen MR) is 66.6 cm³/mol.